The van der Waals surface area contributed by atoms with Gasteiger partial charge in [-0.1, -0.05) is 13.0 Å². The molecular weight excluding hydrogens is 518 g/mol. The lowest BCUT2D eigenvalue weighted by molar-refractivity contribution is -0.119. The summed E-state index contributed by atoms with van der Waals surface area (Å²) in [7, 11) is -1.35. The minimum atomic E-state index is -2.58. The van der Waals surface area contributed by atoms with Gasteiger partial charge in [0, 0.05) is 55.4 Å². The van der Waals surface area contributed by atoms with Crippen molar-refractivity contribution < 1.29 is 32.4 Å². The van der Waals surface area contributed by atoms with Crippen LogP contribution in [-0.4, -0.2) is 62.1 Å². The number of rotatable bonds is 11. The molecule has 2 amide bonds. The Bertz CT molecular complexity index is 1240. The molecule has 2 aromatic rings. The van der Waals surface area contributed by atoms with Crippen molar-refractivity contribution in [2.45, 2.75) is 64.0 Å². The SMILES string of the molecule is CC[C@]1(c2ccc(OCC3CC(F)(F)C3)cc2C)Cc2nn(CCCO)c(NC(=O)CS(C)=O)c2C(=O)N1. The topological polar surface area (TPSA) is 123 Å². The molecule has 4 rings (SSSR count). The highest BCUT2D eigenvalue weighted by Crippen LogP contribution is 2.43. The number of aryl methyl sites for hydroxylation is 2. The van der Waals surface area contributed by atoms with E-state index in [1.165, 1.54) is 10.9 Å². The summed E-state index contributed by atoms with van der Waals surface area (Å²) >= 11 is 0. The highest BCUT2D eigenvalue weighted by atomic mass is 32.2. The standard InChI is InChI=1S/C26H34F2N4O5S/c1-4-25(19-7-6-18(10-16(19)2)37-14-17-11-26(27,28)12-17)13-20-22(24(35)30-25)23(29-21(34)15-38(3)36)32(31-20)8-5-9-33/h6-7,10,17,33H,4-5,8-9,11-15H2,1-3H3,(H,29,34)(H,30,35)/t25-,38?/m1/s1. The van der Waals surface area contributed by atoms with Gasteiger partial charge < -0.3 is 20.5 Å². The van der Waals surface area contributed by atoms with Gasteiger partial charge in [-0.2, -0.15) is 5.10 Å². The van der Waals surface area contributed by atoms with Gasteiger partial charge in [-0.25, -0.2) is 13.5 Å². The molecule has 1 aliphatic carbocycles. The van der Waals surface area contributed by atoms with Gasteiger partial charge in [0.25, 0.3) is 5.91 Å². The van der Waals surface area contributed by atoms with Crippen LogP contribution < -0.4 is 15.4 Å². The first-order valence-electron chi connectivity index (χ1n) is 12.7. The van der Waals surface area contributed by atoms with Gasteiger partial charge in [-0.05, 0) is 43.0 Å². The van der Waals surface area contributed by atoms with Crippen molar-refractivity contribution in [1.29, 1.82) is 0 Å². The summed E-state index contributed by atoms with van der Waals surface area (Å²) < 4.78 is 45.0. The van der Waals surface area contributed by atoms with Gasteiger partial charge in [0.2, 0.25) is 11.8 Å². The molecule has 2 atom stereocenters. The number of anilines is 1. The fourth-order valence-electron chi connectivity index (χ4n) is 5.29. The number of ether oxygens (including phenoxy) is 1. The maximum Gasteiger partial charge on any atom is 0.257 e. The van der Waals surface area contributed by atoms with Crippen LogP contribution in [0.5, 0.6) is 5.75 Å². The maximum atomic E-state index is 13.5. The molecule has 0 spiro atoms. The van der Waals surface area contributed by atoms with Crippen molar-refractivity contribution in [3.8, 4) is 5.75 Å². The second kappa shape index (κ2) is 11.1. The zero-order chi connectivity index (χ0) is 27.7. The van der Waals surface area contributed by atoms with E-state index < -0.39 is 28.2 Å². The van der Waals surface area contributed by atoms with Crippen LogP contribution in [0.4, 0.5) is 14.6 Å². The number of hydrogen-bond acceptors (Lipinski definition) is 6. The van der Waals surface area contributed by atoms with Crippen molar-refractivity contribution in [3.05, 3.63) is 40.6 Å². The van der Waals surface area contributed by atoms with Crippen molar-refractivity contribution in [1.82, 2.24) is 15.1 Å². The number of benzene rings is 1. The van der Waals surface area contributed by atoms with Crippen LogP contribution >= 0.6 is 0 Å². The highest BCUT2D eigenvalue weighted by Gasteiger charge is 2.46. The Hall–Kier alpha value is -2.86. The maximum absolute atomic E-state index is 13.5. The molecule has 0 saturated heterocycles. The van der Waals surface area contributed by atoms with Gasteiger partial charge in [0.15, 0.2) is 0 Å². The van der Waals surface area contributed by atoms with Crippen molar-refractivity contribution in [2.24, 2.45) is 5.92 Å². The fraction of sp³-hybridized carbons (Fsp3) is 0.577. The zero-order valence-corrected chi connectivity index (χ0v) is 22.6. The Labute approximate surface area is 222 Å². The predicted molar refractivity (Wildman–Crippen MR) is 139 cm³/mol. The van der Waals surface area contributed by atoms with Crippen LogP contribution in [0.15, 0.2) is 18.2 Å². The number of nitrogens with zero attached hydrogens (tertiary/aromatic N) is 2. The molecule has 2 aliphatic rings. The van der Waals surface area contributed by atoms with E-state index in [1.54, 1.807) is 6.07 Å². The van der Waals surface area contributed by atoms with E-state index in [0.717, 1.165) is 11.1 Å². The largest absolute Gasteiger partial charge is 0.493 e. The summed E-state index contributed by atoms with van der Waals surface area (Å²) in [5.41, 5.74) is 1.79. The number of carbonyl (C=O) groups excluding carboxylic acids is 2. The van der Waals surface area contributed by atoms with Gasteiger partial charge in [-0.15, -0.1) is 0 Å². The molecule has 12 heteroatoms. The third-order valence-electron chi connectivity index (χ3n) is 7.17. The molecule has 9 nitrogen and oxygen atoms in total. The molecule has 1 aromatic carbocycles. The minimum Gasteiger partial charge on any atom is -0.493 e. The Balaban J connectivity index is 1.59. The molecule has 208 valence electrons. The monoisotopic (exact) mass is 552 g/mol. The van der Waals surface area contributed by atoms with Crippen LogP contribution in [0, 0.1) is 12.8 Å². The lowest BCUT2D eigenvalue weighted by atomic mass is 9.77. The average Bonchev–Trinajstić information content (AvgIpc) is 3.16. The van der Waals surface area contributed by atoms with Crippen molar-refractivity contribution >= 4 is 28.4 Å². The number of amides is 2. The van der Waals surface area contributed by atoms with E-state index >= 15 is 0 Å². The summed E-state index contributed by atoms with van der Waals surface area (Å²) in [5.74, 6) is -3.01. The highest BCUT2D eigenvalue weighted by molar-refractivity contribution is 7.85. The molecule has 1 fully saturated rings. The van der Waals surface area contributed by atoms with Crippen LogP contribution in [-0.2, 0) is 34.1 Å². The first-order chi connectivity index (χ1) is 18.0. The minimum absolute atomic E-state index is 0.0846. The first kappa shape index (κ1) is 28.2. The van der Waals surface area contributed by atoms with E-state index in [1.807, 2.05) is 26.0 Å². The number of hydrogen-bond donors (Lipinski definition) is 3. The Morgan fingerprint density at radius 1 is 1.37 bits per heavy atom. The van der Waals surface area contributed by atoms with Gasteiger partial charge >= 0.3 is 0 Å². The van der Waals surface area contributed by atoms with E-state index in [4.69, 9.17) is 4.74 Å². The predicted octanol–water partition coefficient (Wildman–Crippen LogP) is 2.91. The Morgan fingerprint density at radius 3 is 2.71 bits per heavy atom. The number of alkyl halides is 2. The third-order valence-corrected chi connectivity index (χ3v) is 7.84. The second-order valence-electron chi connectivity index (χ2n) is 10.2. The van der Waals surface area contributed by atoms with E-state index in [2.05, 4.69) is 15.7 Å². The summed E-state index contributed by atoms with van der Waals surface area (Å²) in [6.45, 7) is 4.32. The lowest BCUT2D eigenvalue weighted by Crippen LogP contribution is -2.51. The molecule has 1 unspecified atom stereocenters. The molecular formula is C26H34F2N4O5S. The van der Waals surface area contributed by atoms with Gasteiger partial charge in [0.05, 0.1) is 17.8 Å². The van der Waals surface area contributed by atoms with Crippen LogP contribution in [0.2, 0.25) is 0 Å². The fourth-order valence-corrected chi connectivity index (χ4v) is 5.73. The average molecular weight is 553 g/mol. The number of aliphatic hydroxyl groups is 1. The number of carbonyl (C=O) groups is 2. The first-order valence-corrected chi connectivity index (χ1v) is 14.4. The molecule has 38 heavy (non-hydrogen) atoms. The third kappa shape index (κ3) is 5.90. The van der Waals surface area contributed by atoms with E-state index in [0.29, 0.717) is 37.3 Å². The van der Waals surface area contributed by atoms with Crippen molar-refractivity contribution in [2.75, 3.05) is 30.5 Å². The van der Waals surface area contributed by atoms with Crippen LogP contribution in [0.25, 0.3) is 0 Å². The zero-order valence-electron chi connectivity index (χ0n) is 21.8. The Morgan fingerprint density at radius 2 is 2.11 bits per heavy atom. The molecule has 0 radical (unpaired) electrons. The normalized spacial score (nSPS) is 21.3. The lowest BCUT2D eigenvalue weighted by Gasteiger charge is -2.38. The second-order valence-corrected chi connectivity index (χ2v) is 11.7. The number of aromatic nitrogens is 2. The van der Waals surface area contributed by atoms with Crippen molar-refractivity contribution in [3.63, 3.8) is 0 Å². The smallest absolute Gasteiger partial charge is 0.257 e. The van der Waals surface area contributed by atoms with Crippen LogP contribution in [0.3, 0.4) is 0 Å². The quantitative estimate of drug-likeness (QED) is 0.394. The number of aliphatic hydroxyl groups excluding tert-OH is 1. The molecule has 2 heterocycles. The summed E-state index contributed by atoms with van der Waals surface area (Å²) in [6.07, 6.45) is 2.43. The van der Waals surface area contributed by atoms with E-state index in [-0.39, 0.29) is 55.0 Å². The summed E-state index contributed by atoms with van der Waals surface area (Å²) in [5, 5.41) is 19.8. The molecule has 1 aliphatic heterocycles. The summed E-state index contributed by atoms with van der Waals surface area (Å²) in [6, 6.07) is 5.52. The Kier molecular flexibility index (Phi) is 8.22. The van der Waals surface area contributed by atoms with E-state index in [9.17, 15) is 27.7 Å². The van der Waals surface area contributed by atoms with Crippen LogP contribution in [0.1, 0.15) is 59.8 Å². The molecule has 1 saturated carbocycles. The molecule has 3 N–H and O–H groups in total. The number of halogens is 2. The molecule has 1 aromatic heterocycles. The van der Waals surface area contributed by atoms with Gasteiger partial charge in [-0.3, -0.25) is 13.8 Å². The number of fused-ring (bicyclic) bond motifs is 1. The number of nitrogens with one attached hydrogen (secondary N) is 2. The van der Waals surface area contributed by atoms with Gasteiger partial charge in [0.1, 0.15) is 22.9 Å². The molecule has 0 bridgehead atoms. The summed E-state index contributed by atoms with van der Waals surface area (Å²) in [4.78, 5) is 25.9.